The summed E-state index contributed by atoms with van der Waals surface area (Å²) in [6.07, 6.45) is 4.99. The monoisotopic (exact) mass is 318 g/mol. The van der Waals surface area contributed by atoms with Crippen LogP contribution in [0, 0.1) is 0 Å². The third-order valence-electron chi connectivity index (χ3n) is 3.02. The Morgan fingerprint density at radius 1 is 1.04 bits per heavy atom. The number of benzene rings is 1. The van der Waals surface area contributed by atoms with E-state index in [2.05, 4.69) is 0 Å². The summed E-state index contributed by atoms with van der Waals surface area (Å²) in [5, 5.41) is 0. The second-order valence-corrected chi connectivity index (χ2v) is 4.88. The number of ether oxygens (including phenoxy) is 3. The molecule has 0 radical (unpaired) electrons. The maximum atomic E-state index is 11.3. The van der Waals surface area contributed by atoms with Crippen LogP contribution in [0.2, 0.25) is 0 Å². The molecule has 0 bridgehead atoms. The molecule has 0 heterocycles. The van der Waals surface area contributed by atoms with E-state index in [1.807, 2.05) is 57.2 Å². The summed E-state index contributed by atoms with van der Waals surface area (Å²) in [6.45, 7) is 9.13. The second-order valence-electron chi connectivity index (χ2n) is 4.88. The molecule has 1 aromatic rings. The molecule has 4 heteroatoms. The van der Waals surface area contributed by atoms with Gasteiger partial charge in [-0.3, -0.25) is 0 Å². The van der Waals surface area contributed by atoms with Crippen molar-refractivity contribution in [3.63, 3.8) is 0 Å². The Morgan fingerprint density at radius 3 is 2.17 bits per heavy atom. The van der Waals surface area contributed by atoms with Crippen LogP contribution in [0.3, 0.4) is 0 Å². The van der Waals surface area contributed by atoms with Gasteiger partial charge in [0.2, 0.25) is 0 Å². The largest absolute Gasteiger partial charge is 0.463 e. The predicted octanol–water partition coefficient (Wildman–Crippen LogP) is 4.28. The van der Waals surface area contributed by atoms with Crippen LogP contribution in [0.1, 0.15) is 45.1 Å². The van der Waals surface area contributed by atoms with E-state index in [-0.39, 0.29) is 12.3 Å². The SMILES string of the molecule is CCOC(=O)C=C(C)C=Cc1ccc(C(OCC)OCC)cc1. The van der Waals surface area contributed by atoms with Crippen LogP contribution in [-0.2, 0) is 19.0 Å². The number of carbonyl (C=O) groups is 1. The van der Waals surface area contributed by atoms with E-state index in [0.717, 1.165) is 16.7 Å². The van der Waals surface area contributed by atoms with Crippen LogP contribution >= 0.6 is 0 Å². The normalized spacial score (nSPS) is 12.1. The van der Waals surface area contributed by atoms with Crippen molar-refractivity contribution in [2.75, 3.05) is 19.8 Å². The summed E-state index contributed by atoms with van der Waals surface area (Å²) in [5.74, 6) is -0.318. The first-order valence-electron chi connectivity index (χ1n) is 7.97. The first-order valence-corrected chi connectivity index (χ1v) is 7.97. The molecule has 23 heavy (non-hydrogen) atoms. The minimum atomic E-state index is -0.325. The van der Waals surface area contributed by atoms with Crippen molar-refractivity contribution < 1.29 is 19.0 Å². The molecule has 0 atom stereocenters. The van der Waals surface area contributed by atoms with Crippen LogP contribution in [0.15, 0.2) is 42.0 Å². The molecular weight excluding hydrogens is 292 g/mol. The Kier molecular flexibility index (Phi) is 8.95. The van der Waals surface area contributed by atoms with E-state index >= 15 is 0 Å². The number of hydrogen-bond acceptors (Lipinski definition) is 4. The number of esters is 1. The highest BCUT2D eigenvalue weighted by Crippen LogP contribution is 2.20. The molecule has 1 aromatic carbocycles. The van der Waals surface area contributed by atoms with Crippen molar-refractivity contribution in [1.82, 2.24) is 0 Å². The molecule has 0 amide bonds. The Balaban J connectivity index is 2.72. The quantitative estimate of drug-likeness (QED) is 0.295. The third-order valence-corrected chi connectivity index (χ3v) is 3.02. The molecule has 0 saturated heterocycles. The van der Waals surface area contributed by atoms with Crippen molar-refractivity contribution >= 4 is 12.0 Å². The molecule has 0 saturated carbocycles. The topological polar surface area (TPSA) is 44.8 Å². The zero-order valence-electron chi connectivity index (χ0n) is 14.4. The van der Waals surface area contributed by atoms with E-state index < -0.39 is 0 Å². The van der Waals surface area contributed by atoms with E-state index in [1.54, 1.807) is 6.92 Å². The Labute approximate surface area is 138 Å². The fraction of sp³-hybridized carbons (Fsp3) is 0.421. The highest BCUT2D eigenvalue weighted by molar-refractivity contribution is 5.83. The van der Waals surface area contributed by atoms with Crippen molar-refractivity contribution in [1.29, 1.82) is 0 Å². The summed E-state index contributed by atoms with van der Waals surface area (Å²) in [6, 6.07) is 7.96. The van der Waals surface area contributed by atoms with Gasteiger partial charge in [0, 0.05) is 24.9 Å². The molecule has 0 aliphatic rings. The fourth-order valence-corrected chi connectivity index (χ4v) is 1.95. The van der Waals surface area contributed by atoms with Crippen molar-refractivity contribution in [2.45, 2.75) is 34.0 Å². The van der Waals surface area contributed by atoms with Crippen LogP contribution in [0.4, 0.5) is 0 Å². The lowest BCUT2D eigenvalue weighted by molar-refractivity contribution is -0.140. The van der Waals surface area contributed by atoms with Crippen LogP contribution in [0.5, 0.6) is 0 Å². The first-order chi connectivity index (χ1) is 11.1. The molecule has 4 nitrogen and oxygen atoms in total. The van der Waals surface area contributed by atoms with Gasteiger partial charge in [0.05, 0.1) is 6.61 Å². The number of allylic oxidation sites excluding steroid dienone is 2. The third kappa shape index (κ3) is 7.26. The van der Waals surface area contributed by atoms with Crippen LogP contribution < -0.4 is 0 Å². The average molecular weight is 318 g/mol. The summed E-state index contributed by atoms with van der Waals surface area (Å²) in [4.78, 5) is 11.3. The Hall–Kier alpha value is -1.91. The minimum absolute atomic E-state index is 0.318. The number of hydrogen-bond donors (Lipinski definition) is 0. The highest BCUT2D eigenvalue weighted by Gasteiger charge is 2.10. The van der Waals surface area contributed by atoms with E-state index in [4.69, 9.17) is 14.2 Å². The highest BCUT2D eigenvalue weighted by atomic mass is 16.7. The second kappa shape index (κ2) is 10.8. The van der Waals surface area contributed by atoms with Gasteiger partial charge in [0.1, 0.15) is 0 Å². The Bertz CT molecular complexity index is 523. The van der Waals surface area contributed by atoms with Gasteiger partial charge in [-0.05, 0) is 38.8 Å². The molecule has 0 aromatic heterocycles. The van der Waals surface area contributed by atoms with Gasteiger partial charge < -0.3 is 14.2 Å². The molecule has 0 aliphatic carbocycles. The summed E-state index contributed by atoms with van der Waals surface area (Å²) >= 11 is 0. The summed E-state index contributed by atoms with van der Waals surface area (Å²) in [7, 11) is 0. The first kappa shape index (κ1) is 19.1. The smallest absolute Gasteiger partial charge is 0.330 e. The van der Waals surface area contributed by atoms with Gasteiger partial charge in [0.15, 0.2) is 6.29 Å². The molecular formula is C19H26O4. The van der Waals surface area contributed by atoms with Gasteiger partial charge in [0.25, 0.3) is 0 Å². The molecule has 0 aliphatic heterocycles. The van der Waals surface area contributed by atoms with E-state index in [9.17, 15) is 4.79 Å². The minimum Gasteiger partial charge on any atom is -0.463 e. The van der Waals surface area contributed by atoms with Crippen LogP contribution in [-0.4, -0.2) is 25.8 Å². The lowest BCUT2D eigenvalue weighted by Crippen LogP contribution is -2.08. The maximum absolute atomic E-state index is 11.3. The molecule has 0 unspecified atom stereocenters. The lowest BCUT2D eigenvalue weighted by atomic mass is 10.1. The molecule has 0 spiro atoms. The summed E-state index contributed by atoms with van der Waals surface area (Å²) < 4.78 is 16.0. The fourth-order valence-electron chi connectivity index (χ4n) is 1.95. The van der Waals surface area contributed by atoms with Crippen molar-refractivity contribution in [3.05, 3.63) is 53.1 Å². The molecule has 0 N–H and O–H groups in total. The number of rotatable bonds is 9. The van der Waals surface area contributed by atoms with Crippen molar-refractivity contribution in [3.8, 4) is 0 Å². The van der Waals surface area contributed by atoms with Gasteiger partial charge in [-0.25, -0.2) is 4.79 Å². The van der Waals surface area contributed by atoms with Crippen LogP contribution in [0.25, 0.3) is 6.08 Å². The lowest BCUT2D eigenvalue weighted by Gasteiger charge is -2.17. The van der Waals surface area contributed by atoms with Crippen molar-refractivity contribution in [2.24, 2.45) is 0 Å². The summed E-state index contributed by atoms with van der Waals surface area (Å²) in [5.41, 5.74) is 2.87. The van der Waals surface area contributed by atoms with E-state index in [1.165, 1.54) is 6.08 Å². The molecule has 126 valence electrons. The van der Waals surface area contributed by atoms with Gasteiger partial charge >= 0.3 is 5.97 Å². The zero-order valence-corrected chi connectivity index (χ0v) is 14.4. The molecule has 0 fully saturated rings. The van der Waals surface area contributed by atoms with Gasteiger partial charge in [-0.1, -0.05) is 36.4 Å². The maximum Gasteiger partial charge on any atom is 0.330 e. The Morgan fingerprint density at radius 2 is 1.65 bits per heavy atom. The molecule has 1 rings (SSSR count). The van der Waals surface area contributed by atoms with Gasteiger partial charge in [-0.15, -0.1) is 0 Å². The predicted molar refractivity (Wildman–Crippen MR) is 91.9 cm³/mol. The average Bonchev–Trinajstić information content (AvgIpc) is 2.53. The number of carbonyl (C=O) groups excluding carboxylic acids is 1. The van der Waals surface area contributed by atoms with E-state index in [0.29, 0.717) is 19.8 Å². The zero-order chi connectivity index (χ0) is 17.1. The standard InChI is InChI=1S/C19H26O4/c1-5-21-18(20)14-15(4)8-9-16-10-12-17(13-11-16)19(22-6-2)23-7-3/h8-14,19H,5-7H2,1-4H3. The van der Waals surface area contributed by atoms with Gasteiger partial charge in [-0.2, -0.15) is 0 Å².